The number of aryl methyl sites for hydroxylation is 1. The largest absolute Gasteiger partial charge is 0.497 e. The van der Waals surface area contributed by atoms with Crippen LogP contribution >= 0.6 is 11.6 Å². The van der Waals surface area contributed by atoms with E-state index in [2.05, 4.69) is 20.6 Å². The second kappa shape index (κ2) is 7.93. The van der Waals surface area contributed by atoms with Crippen molar-refractivity contribution in [3.05, 3.63) is 59.2 Å². The van der Waals surface area contributed by atoms with E-state index in [1.807, 2.05) is 43.3 Å². The third kappa shape index (κ3) is 4.34. The molecule has 0 spiro atoms. The Morgan fingerprint density at radius 1 is 0.885 bits per heavy atom. The first-order valence-corrected chi connectivity index (χ1v) is 8.32. The van der Waals surface area contributed by atoms with Crippen molar-refractivity contribution < 1.29 is 9.47 Å². The van der Waals surface area contributed by atoms with Crippen LogP contribution in [-0.4, -0.2) is 24.2 Å². The Morgan fingerprint density at radius 3 is 2.35 bits per heavy atom. The van der Waals surface area contributed by atoms with E-state index in [9.17, 15) is 0 Å². The molecule has 7 heteroatoms. The monoisotopic (exact) mass is 370 g/mol. The zero-order valence-corrected chi connectivity index (χ0v) is 15.5. The van der Waals surface area contributed by atoms with Crippen molar-refractivity contribution >= 4 is 34.7 Å². The lowest BCUT2D eigenvalue weighted by Gasteiger charge is -2.13. The molecule has 0 aliphatic rings. The van der Waals surface area contributed by atoms with Gasteiger partial charge >= 0.3 is 0 Å². The van der Waals surface area contributed by atoms with Crippen molar-refractivity contribution in [1.29, 1.82) is 0 Å². The molecule has 2 N–H and O–H groups in total. The van der Waals surface area contributed by atoms with Crippen LogP contribution < -0.4 is 20.1 Å². The van der Waals surface area contributed by atoms with E-state index in [1.54, 1.807) is 26.4 Å². The Bertz CT molecular complexity index is 901. The molecule has 6 nitrogen and oxygen atoms in total. The molecule has 0 saturated carbocycles. The molecule has 2 aromatic carbocycles. The topological polar surface area (TPSA) is 68.3 Å². The molecule has 0 radical (unpaired) electrons. The van der Waals surface area contributed by atoms with Crippen molar-refractivity contribution in [2.24, 2.45) is 0 Å². The number of benzene rings is 2. The minimum atomic E-state index is 0.483. The molecule has 134 valence electrons. The van der Waals surface area contributed by atoms with Gasteiger partial charge in [0, 0.05) is 28.5 Å². The van der Waals surface area contributed by atoms with E-state index in [4.69, 9.17) is 21.1 Å². The number of halogens is 1. The second-order valence-electron chi connectivity index (χ2n) is 5.54. The van der Waals surface area contributed by atoms with Crippen molar-refractivity contribution in [1.82, 2.24) is 9.97 Å². The van der Waals surface area contributed by atoms with E-state index < -0.39 is 0 Å². The predicted molar refractivity (Wildman–Crippen MR) is 104 cm³/mol. The van der Waals surface area contributed by atoms with E-state index in [-0.39, 0.29) is 0 Å². The maximum Gasteiger partial charge on any atom is 0.229 e. The van der Waals surface area contributed by atoms with Gasteiger partial charge in [-0.1, -0.05) is 11.6 Å². The average molecular weight is 371 g/mol. The Balaban J connectivity index is 1.87. The highest BCUT2D eigenvalue weighted by Gasteiger charge is 2.08. The molecular formula is C19H19ClN4O2. The number of aromatic nitrogens is 2. The van der Waals surface area contributed by atoms with Crippen LogP contribution in [0.3, 0.4) is 0 Å². The van der Waals surface area contributed by atoms with Crippen LogP contribution in [0, 0.1) is 6.92 Å². The van der Waals surface area contributed by atoms with E-state index >= 15 is 0 Å². The number of rotatable bonds is 6. The van der Waals surface area contributed by atoms with Crippen LogP contribution in [-0.2, 0) is 0 Å². The first-order valence-electron chi connectivity index (χ1n) is 7.94. The molecule has 1 heterocycles. The number of hydrogen-bond donors (Lipinski definition) is 2. The summed E-state index contributed by atoms with van der Waals surface area (Å²) in [7, 11) is 3.24. The molecule has 0 fully saturated rings. The third-order valence-electron chi connectivity index (χ3n) is 3.62. The van der Waals surface area contributed by atoms with Crippen LogP contribution in [0.5, 0.6) is 11.5 Å². The fourth-order valence-electron chi connectivity index (χ4n) is 2.40. The van der Waals surface area contributed by atoms with Gasteiger partial charge in [-0.15, -0.1) is 0 Å². The Kier molecular flexibility index (Phi) is 5.43. The van der Waals surface area contributed by atoms with Gasteiger partial charge < -0.3 is 20.1 Å². The number of nitrogens with one attached hydrogen (secondary N) is 2. The van der Waals surface area contributed by atoms with Gasteiger partial charge in [0.1, 0.15) is 17.3 Å². The van der Waals surface area contributed by atoms with E-state index in [1.165, 1.54) is 0 Å². The minimum absolute atomic E-state index is 0.483. The zero-order valence-electron chi connectivity index (χ0n) is 14.7. The number of ether oxygens (including phenoxy) is 2. The summed E-state index contributed by atoms with van der Waals surface area (Å²) in [5, 5.41) is 7.10. The highest BCUT2D eigenvalue weighted by molar-refractivity contribution is 6.30. The average Bonchev–Trinajstić information content (AvgIpc) is 2.63. The summed E-state index contributed by atoms with van der Waals surface area (Å²) in [5.41, 5.74) is 2.42. The zero-order chi connectivity index (χ0) is 18.5. The summed E-state index contributed by atoms with van der Waals surface area (Å²) in [6.45, 7) is 1.91. The predicted octanol–water partition coefficient (Wildman–Crippen LogP) is 4.94. The fourth-order valence-corrected chi connectivity index (χ4v) is 2.53. The molecule has 0 unspecified atom stereocenters. The standard InChI is InChI=1S/C19H19ClN4O2/c1-12-10-18(23-16-11-15(25-2)8-9-17(16)26-3)24-19(21-12)22-14-6-4-13(20)5-7-14/h4-11H,1-3H3,(H2,21,22,23,24). The lowest BCUT2D eigenvalue weighted by Crippen LogP contribution is -2.03. The first kappa shape index (κ1) is 17.8. The van der Waals surface area contributed by atoms with Gasteiger partial charge in [-0.2, -0.15) is 4.98 Å². The molecule has 0 aliphatic heterocycles. The summed E-state index contributed by atoms with van der Waals surface area (Å²) >= 11 is 5.92. The van der Waals surface area contributed by atoms with Gasteiger partial charge in [0.2, 0.25) is 5.95 Å². The van der Waals surface area contributed by atoms with Gasteiger partial charge in [-0.3, -0.25) is 0 Å². The number of hydrogen-bond acceptors (Lipinski definition) is 6. The van der Waals surface area contributed by atoms with Crippen LogP contribution in [0.4, 0.5) is 23.1 Å². The third-order valence-corrected chi connectivity index (χ3v) is 3.88. The number of nitrogens with zero attached hydrogens (tertiary/aromatic N) is 2. The SMILES string of the molecule is COc1ccc(OC)c(Nc2cc(C)nc(Nc3ccc(Cl)cc3)n2)c1. The molecule has 0 aliphatic carbocycles. The fraction of sp³-hybridized carbons (Fsp3) is 0.158. The summed E-state index contributed by atoms with van der Waals surface area (Å²) in [4.78, 5) is 8.93. The van der Waals surface area contributed by atoms with Crippen molar-refractivity contribution in [3.8, 4) is 11.5 Å². The smallest absolute Gasteiger partial charge is 0.229 e. The summed E-state index contributed by atoms with van der Waals surface area (Å²) in [5.74, 6) is 2.53. The molecule has 0 atom stereocenters. The van der Waals surface area contributed by atoms with E-state index in [0.717, 1.165) is 22.8 Å². The van der Waals surface area contributed by atoms with Crippen LogP contribution in [0.1, 0.15) is 5.69 Å². The lowest BCUT2D eigenvalue weighted by atomic mass is 10.2. The van der Waals surface area contributed by atoms with Gasteiger partial charge in [-0.25, -0.2) is 4.98 Å². The quantitative estimate of drug-likeness (QED) is 0.640. The van der Waals surface area contributed by atoms with Crippen LogP contribution in [0.15, 0.2) is 48.5 Å². The van der Waals surface area contributed by atoms with Gasteiger partial charge in [-0.05, 0) is 43.3 Å². The Morgan fingerprint density at radius 2 is 1.65 bits per heavy atom. The lowest BCUT2D eigenvalue weighted by molar-refractivity contribution is 0.405. The summed E-state index contributed by atoms with van der Waals surface area (Å²) in [6.07, 6.45) is 0. The number of anilines is 4. The maximum absolute atomic E-state index is 5.92. The van der Waals surface area contributed by atoms with Crippen molar-refractivity contribution in [2.45, 2.75) is 6.92 Å². The Labute approximate surface area is 157 Å². The second-order valence-corrected chi connectivity index (χ2v) is 5.98. The van der Waals surface area contributed by atoms with Crippen LogP contribution in [0.25, 0.3) is 0 Å². The van der Waals surface area contributed by atoms with Crippen molar-refractivity contribution in [3.63, 3.8) is 0 Å². The van der Waals surface area contributed by atoms with Gasteiger partial charge in [0.25, 0.3) is 0 Å². The molecule has 1 aromatic heterocycles. The van der Waals surface area contributed by atoms with Crippen molar-refractivity contribution in [2.75, 3.05) is 24.9 Å². The minimum Gasteiger partial charge on any atom is -0.497 e. The maximum atomic E-state index is 5.92. The molecule has 0 amide bonds. The van der Waals surface area contributed by atoms with E-state index in [0.29, 0.717) is 22.5 Å². The molecule has 3 aromatic rings. The van der Waals surface area contributed by atoms with Gasteiger partial charge in [0.15, 0.2) is 0 Å². The highest BCUT2D eigenvalue weighted by atomic mass is 35.5. The normalized spacial score (nSPS) is 10.3. The molecular weight excluding hydrogens is 352 g/mol. The van der Waals surface area contributed by atoms with Gasteiger partial charge in [0.05, 0.1) is 19.9 Å². The summed E-state index contributed by atoms with van der Waals surface area (Å²) < 4.78 is 10.7. The molecule has 3 rings (SSSR count). The highest BCUT2D eigenvalue weighted by Crippen LogP contribution is 2.31. The molecule has 0 saturated heterocycles. The Hall–Kier alpha value is -2.99. The molecule has 0 bridgehead atoms. The molecule has 26 heavy (non-hydrogen) atoms. The first-order chi connectivity index (χ1) is 12.6. The number of methoxy groups -OCH3 is 2. The van der Waals surface area contributed by atoms with Crippen LogP contribution in [0.2, 0.25) is 5.02 Å². The summed E-state index contributed by atoms with van der Waals surface area (Å²) in [6, 6.07) is 14.7.